The van der Waals surface area contributed by atoms with Gasteiger partial charge in [0, 0.05) is 0 Å². The van der Waals surface area contributed by atoms with Crippen molar-refractivity contribution in [3.05, 3.63) is 35.4 Å². The number of rotatable bonds is 6. The number of carbonyl (C=O) groups is 4. The van der Waals surface area contributed by atoms with Gasteiger partial charge in [0.25, 0.3) is 0 Å². The number of ether oxygens (including phenoxy) is 1. The van der Waals surface area contributed by atoms with E-state index in [4.69, 9.17) is 9.84 Å². The van der Waals surface area contributed by atoms with Gasteiger partial charge in [-0.3, -0.25) is 14.4 Å². The molecular formula is C18H22N2O6. The number of nitrogens with zero attached hydrogens (tertiary/aromatic N) is 2. The summed E-state index contributed by atoms with van der Waals surface area (Å²) in [5, 5.41) is 9.04. The number of hydrogen-bond donors (Lipinski definition) is 1. The van der Waals surface area contributed by atoms with Gasteiger partial charge in [0.2, 0.25) is 11.8 Å². The summed E-state index contributed by atoms with van der Waals surface area (Å²) in [6.45, 7) is 4.10. The zero-order chi connectivity index (χ0) is 19.4. The van der Waals surface area contributed by atoms with E-state index in [1.54, 1.807) is 0 Å². The molecule has 2 rings (SSSR count). The minimum absolute atomic E-state index is 0.0750. The van der Waals surface area contributed by atoms with Crippen molar-refractivity contribution in [3.8, 4) is 0 Å². The van der Waals surface area contributed by atoms with Crippen molar-refractivity contribution in [2.75, 3.05) is 13.1 Å². The summed E-state index contributed by atoms with van der Waals surface area (Å²) in [7, 11) is 0. The summed E-state index contributed by atoms with van der Waals surface area (Å²) in [5.41, 5.74) is 1.91. The Hall–Kier alpha value is -2.90. The van der Waals surface area contributed by atoms with Gasteiger partial charge >= 0.3 is 11.9 Å². The van der Waals surface area contributed by atoms with Crippen molar-refractivity contribution in [1.29, 1.82) is 0 Å². The summed E-state index contributed by atoms with van der Waals surface area (Å²) in [5.74, 6) is -2.81. The van der Waals surface area contributed by atoms with Crippen molar-refractivity contribution in [3.63, 3.8) is 0 Å². The molecule has 1 heterocycles. The zero-order valence-corrected chi connectivity index (χ0v) is 15.0. The monoisotopic (exact) mass is 362 g/mol. The fourth-order valence-corrected chi connectivity index (χ4v) is 2.62. The predicted molar refractivity (Wildman–Crippen MR) is 91.0 cm³/mol. The largest absolute Gasteiger partial charge is 0.480 e. The molecule has 0 aromatic heterocycles. The van der Waals surface area contributed by atoms with Crippen LogP contribution in [0.5, 0.6) is 0 Å². The summed E-state index contributed by atoms with van der Waals surface area (Å²) in [6, 6.07) is 5.44. The van der Waals surface area contributed by atoms with Crippen molar-refractivity contribution in [1.82, 2.24) is 9.80 Å². The highest BCUT2D eigenvalue weighted by atomic mass is 16.5. The van der Waals surface area contributed by atoms with Crippen LogP contribution in [-0.2, 0) is 30.5 Å². The smallest absolute Gasteiger partial charge is 0.326 e. The second kappa shape index (κ2) is 7.99. The second-order valence-electron chi connectivity index (χ2n) is 6.32. The van der Waals surface area contributed by atoms with Crippen LogP contribution < -0.4 is 0 Å². The third kappa shape index (κ3) is 4.38. The van der Waals surface area contributed by atoms with E-state index in [2.05, 4.69) is 0 Å². The van der Waals surface area contributed by atoms with Gasteiger partial charge in [-0.15, -0.1) is 0 Å². The minimum atomic E-state index is -1.19. The Morgan fingerprint density at radius 2 is 1.88 bits per heavy atom. The Balaban J connectivity index is 1.95. The van der Waals surface area contributed by atoms with Crippen LogP contribution in [0.3, 0.4) is 0 Å². The van der Waals surface area contributed by atoms with E-state index in [9.17, 15) is 19.2 Å². The molecule has 0 aliphatic carbocycles. The minimum Gasteiger partial charge on any atom is -0.480 e. The number of carbonyl (C=O) groups excluding carboxylic acids is 3. The number of esters is 1. The molecule has 2 amide bonds. The molecule has 2 unspecified atom stereocenters. The number of aliphatic carboxylic acids is 1. The van der Waals surface area contributed by atoms with Gasteiger partial charge in [-0.1, -0.05) is 29.8 Å². The number of aryl methyl sites for hydroxylation is 1. The molecule has 2 atom stereocenters. The van der Waals surface area contributed by atoms with E-state index >= 15 is 0 Å². The summed E-state index contributed by atoms with van der Waals surface area (Å²) < 4.78 is 5.16. The van der Waals surface area contributed by atoms with Gasteiger partial charge in [0.05, 0.1) is 0 Å². The van der Waals surface area contributed by atoms with Gasteiger partial charge in [-0.2, -0.15) is 0 Å². The topological polar surface area (TPSA) is 104 Å². The zero-order valence-electron chi connectivity index (χ0n) is 15.0. The van der Waals surface area contributed by atoms with Gasteiger partial charge in [0.1, 0.15) is 31.8 Å². The molecule has 1 aliphatic heterocycles. The summed E-state index contributed by atoms with van der Waals surface area (Å²) >= 11 is 0. The maximum Gasteiger partial charge on any atom is 0.326 e. The summed E-state index contributed by atoms with van der Waals surface area (Å²) in [6.07, 6.45) is 0. The fraction of sp³-hybridized carbons (Fsp3) is 0.444. The first-order chi connectivity index (χ1) is 12.2. The van der Waals surface area contributed by atoms with E-state index < -0.39 is 35.8 Å². The first kappa shape index (κ1) is 19.4. The SMILES string of the molecule is Cc1ccc(COC(=O)CN2C(=O)CN(C(C)C(=O)O)C(=O)C2C)cc1. The average Bonchev–Trinajstić information content (AvgIpc) is 2.60. The maximum atomic E-state index is 12.3. The van der Waals surface area contributed by atoms with Crippen molar-refractivity contribution >= 4 is 23.8 Å². The predicted octanol–water partition coefficient (Wildman–Crippen LogP) is 0.571. The Kier molecular flexibility index (Phi) is 5.97. The first-order valence-electron chi connectivity index (χ1n) is 8.24. The van der Waals surface area contributed by atoms with Crippen LogP contribution in [0.1, 0.15) is 25.0 Å². The van der Waals surface area contributed by atoms with E-state index in [1.807, 2.05) is 31.2 Å². The molecule has 140 valence electrons. The van der Waals surface area contributed by atoms with Crippen molar-refractivity contribution in [2.45, 2.75) is 39.5 Å². The molecule has 0 radical (unpaired) electrons. The lowest BCUT2D eigenvalue weighted by Gasteiger charge is -2.39. The van der Waals surface area contributed by atoms with Crippen LogP contribution in [0, 0.1) is 6.92 Å². The van der Waals surface area contributed by atoms with Crippen LogP contribution >= 0.6 is 0 Å². The molecular weight excluding hydrogens is 340 g/mol. The Labute approximate surface area is 151 Å². The fourth-order valence-electron chi connectivity index (χ4n) is 2.62. The van der Waals surface area contributed by atoms with Crippen LogP contribution in [0.25, 0.3) is 0 Å². The van der Waals surface area contributed by atoms with Gasteiger partial charge < -0.3 is 19.6 Å². The van der Waals surface area contributed by atoms with Gasteiger partial charge in [-0.25, -0.2) is 4.79 Å². The second-order valence-corrected chi connectivity index (χ2v) is 6.32. The Morgan fingerprint density at radius 1 is 1.27 bits per heavy atom. The molecule has 1 saturated heterocycles. The summed E-state index contributed by atoms with van der Waals surface area (Å²) in [4.78, 5) is 49.8. The average molecular weight is 362 g/mol. The Morgan fingerprint density at radius 3 is 2.46 bits per heavy atom. The molecule has 1 aromatic rings. The van der Waals surface area contributed by atoms with E-state index in [-0.39, 0.29) is 19.7 Å². The lowest BCUT2D eigenvalue weighted by Crippen LogP contribution is -2.62. The number of carboxylic acids is 1. The van der Waals surface area contributed by atoms with E-state index in [0.29, 0.717) is 0 Å². The van der Waals surface area contributed by atoms with Crippen LogP contribution in [0.4, 0.5) is 0 Å². The van der Waals surface area contributed by atoms with Gasteiger partial charge in [-0.05, 0) is 26.3 Å². The number of hydrogen-bond acceptors (Lipinski definition) is 5. The molecule has 0 bridgehead atoms. The Bertz CT molecular complexity index is 715. The molecule has 1 fully saturated rings. The third-order valence-electron chi connectivity index (χ3n) is 4.38. The molecule has 0 saturated carbocycles. The number of carboxylic acid groups (broad SMARTS) is 1. The highest BCUT2D eigenvalue weighted by Crippen LogP contribution is 2.16. The number of piperazine rings is 1. The lowest BCUT2D eigenvalue weighted by molar-refractivity contribution is -0.165. The quantitative estimate of drug-likeness (QED) is 0.742. The van der Waals surface area contributed by atoms with E-state index in [0.717, 1.165) is 20.9 Å². The maximum absolute atomic E-state index is 12.3. The number of amides is 2. The van der Waals surface area contributed by atoms with Crippen molar-refractivity contribution in [2.24, 2.45) is 0 Å². The molecule has 1 N–H and O–H groups in total. The third-order valence-corrected chi connectivity index (χ3v) is 4.38. The van der Waals surface area contributed by atoms with Crippen LogP contribution in [-0.4, -0.2) is 63.8 Å². The first-order valence-corrected chi connectivity index (χ1v) is 8.24. The molecule has 0 spiro atoms. The molecule has 26 heavy (non-hydrogen) atoms. The molecule has 1 aliphatic rings. The normalized spacial score (nSPS) is 18.7. The van der Waals surface area contributed by atoms with Gasteiger partial charge in [0.15, 0.2) is 0 Å². The lowest BCUT2D eigenvalue weighted by atomic mass is 10.1. The molecule has 8 nitrogen and oxygen atoms in total. The molecule has 1 aromatic carbocycles. The van der Waals surface area contributed by atoms with E-state index in [1.165, 1.54) is 13.8 Å². The number of benzene rings is 1. The molecule has 8 heteroatoms. The van der Waals surface area contributed by atoms with Crippen LogP contribution in [0.15, 0.2) is 24.3 Å². The van der Waals surface area contributed by atoms with Crippen molar-refractivity contribution < 1.29 is 29.0 Å². The highest BCUT2D eigenvalue weighted by Gasteiger charge is 2.41. The van der Waals surface area contributed by atoms with Crippen LogP contribution in [0.2, 0.25) is 0 Å². The highest BCUT2D eigenvalue weighted by molar-refractivity contribution is 5.98. The standard InChI is InChI=1S/C18H22N2O6/c1-11-4-6-14(7-5-11)10-26-16(22)9-19-12(2)17(23)20(8-15(19)21)13(3)18(24)25/h4-7,12-13H,8-10H2,1-3H3,(H,24,25).